The van der Waals surface area contributed by atoms with Crippen LogP contribution in [0.1, 0.15) is 36.8 Å². The van der Waals surface area contributed by atoms with Crippen molar-refractivity contribution >= 4 is 23.4 Å². The van der Waals surface area contributed by atoms with Gasteiger partial charge in [0.1, 0.15) is 5.75 Å². The Morgan fingerprint density at radius 3 is 2.47 bits per heavy atom. The van der Waals surface area contributed by atoms with Gasteiger partial charge in [-0.25, -0.2) is 0 Å². The van der Waals surface area contributed by atoms with Gasteiger partial charge >= 0.3 is 0 Å². The van der Waals surface area contributed by atoms with Crippen LogP contribution in [-0.2, 0) is 25.7 Å². The molecule has 180 valence electrons. The van der Waals surface area contributed by atoms with E-state index in [0.717, 1.165) is 11.1 Å². The highest BCUT2D eigenvalue weighted by atomic mass is 16.3. The van der Waals surface area contributed by atoms with Crippen LogP contribution in [0.4, 0.5) is 0 Å². The molecule has 4 atom stereocenters. The number of benzene rings is 2. The number of amides is 2. The van der Waals surface area contributed by atoms with E-state index in [0.29, 0.717) is 28.7 Å². The Morgan fingerprint density at radius 2 is 1.72 bits per heavy atom. The SMILES string of the molecule is CC1=CC(=O)C2=C(C1=O)C(c1cccc(O)c1)C1=CCC3C(=O)N(Cc4ccccc4)C(=O)C3C1C2. The number of allylic oxidation sites excluding steroid dienone is 6. The number of aromatic hydroxyl groups is 1. The summed E-state index contributed by atoms with van der Waals surface area (Å²) in [6.07, 6.45) is 4.03. The monoisotopic (exact) mass is 479 g/mol. The number of hydrogen-bond acceptors (Lipinski definition) is 5. The van der Waals surface area contributed by atoms with E-state index >= 15 is 0 Å². The van der Waals surface area contributed by atoms with Crippen LogP contribution in [0.3, 0.4) is 0 Å². The summed E-state index contributed by atoms with van der Waals surface area (Å²) in [4.78, 5) is 54.9. The fourth-order valence-electron chi connectivity index (χ4n) is 6.43. The number of nitrogens with zero attached hydrogens (tertiary/aromatic N) is 1. The lowest BCUT2D eigenvalue weighted by atomic mass is 9.59. The predicted octanol–water partition coefficient (Wildman–Crippen LogP) is 4.02. The Labute approximate surface area is 208 Å². The summed E-state index contributed by atoms with van der Waals surface area (Å²) in [5.41, 5.74) is 3.71. The normalized spacial score (nSPS) is 27.4. The van der Waals surface area contributed by atoms with Crippen molar-refractivity contribution in [2.75, 3.05) is 0 Å². The Morgan fingerprint density at radius 1 is 0.944 bits per heavy atom. The molecule has 2 aromatic carbocycles. The molecule has 6 heteroatoms. The number of carbonyl (C=O) groups is 4. The lowest BCUT2D eigenvalue weighted by Crippen LogP contribution is -2.39. The molecule has 0 aromatic heterocycles. The van der Waals surface area contributed by atoms with Crippen molar-refractivity contribution in [2.24, 2.45) is 17.8 Å². The van der Waals surface area contributed by atoms with E-state index in [9.17, 15) is 24.3 Å². The molecular weight excluding hydrogens is 454 g/mol. The second-order valence-corrected chi connectivity index (χ2v) is 10.1. The quantitative estimate of drug-likeness (QED) is 0.408. The summed E-state index contributed by atoms with van der Waals surface area (Å²) in [5.74, 6) is -2.70. The van der Waals surface area contributed by atoms with E-state index in [2.05, 4.69) is 0 Å². The minimum absolute atomic E-state index is 0.0639. The Bertz CT molecular complexity index is 1430. The zero-order valence-corrected chi connectivity index (χ0v) is 19.8. The van der Waals surface area contributed by atoms with Crippen molar-refractivity contribution in [1.29, 1.82) is 0 Å². The Hall–Kier alpha value is -4.06. The molecule has 1 fully saturated rings. The van der Waals surface area contributed by atoms with E-state index in [1.54, 1.807) is 25.1 Å². The maximum absolute atomic E-state index is 13.7. The molecule has 2 aromatic rings. The lowest BCUT2D eigenvalue weighted by molar-refractivity contribution is -0.140. The molecule has 0 spiro atoms. The van der Waals surface area contributed by atoms with Crippen LogP contribution in [-0.4, -0.2) is 33.4 Å². The molecule has 36 heavy (non-hydrogen) atoms. The number of Topliss-reactive ketones (excluding diaryl/α,β-unsaturated/α-hetero) is 1. The van der Waals surface area contributed by atoms with Crippen LogP contribution in [0.15, 0.2) is 89.0 Å². The molecule has 1 aliphatic heterocycles. The van der Waals surface area contributed by atoms with E-state index in [1.807, 2.05) is 42.5 Å². The van der Waals surface area contributed by atoms with Crippen LogP contribution < -0.4 is 0 Å². The maximum atomic E-state index is 13.7. The van der Waals surface area contributed by atoms with Gasteiger partial charge in [-0.05, 0) is 55.0 Å². The van der Waals surface area contributed by atoms with Crippen molar-refractivity contribution in [3.8, 4) is 5.75 Å². The van der Waals surface area contributed by atoms with Crippen molar-refractivity contribution in [3.05, 3.63) is 100 Å². The average Bonchev–Trinajstić information content (AvgIpc) is 3.11. The highest BCUT2D eigenvalue weighted by molar-refractivity contribution is 6.23. The molecule has 2 amide bonds. The summed E-state index contributed by atoms with van der Waals surface area (Å²) in [6.45, 7) is 1.86. The third-order valence-corrected chi connectivity index (χ3v) is 8.04. The van der Waals surface area contributed by atoms with Gasteiger partial charge in [-0.2, -0.15) is 0 Å². The van der Waals surface area contributed by atoms with Crippen LogP contribution in [0.5, 0.6) is 5.75 Å². The summed E-state index contributed by atoms with van der Waals surface area (Å²) in [7, 11) is 0. The molecule has 1 saturated heterocycles. The highest BCUT2D eigenvalue weighted by Crippen LogP contribution is 2.55. The van der Waals surface area contributed by atoms with Gasteiger partial charge in [0.2, 0.25) is 11.8 Å². The van der Waals surface area contributed by atoms with Gasteiger partial charge in [0.25, 0.3) is 0 Å². The number of imide groups is 1. The second-order valence-electron chi connectivity index (χ2n) is 10.1. The van der Waals surface area contributed by atoms with Crippen molar-refractivity contribution in [2.45, 2.75) is 32.2 Å². The minimum Gasteiger partial charge on any atom is -0.508 e. The standard InChI is InChI=1S/C30H25NO5/c1-16-12-24(33)23-14-22-20(25(27(23)28(16)34)18-8-5-9-19(32)13-18)10-11-21-26(22)30(36)31(29(21)35)15-17-6-3-2-4-7-17/h2-10,12-13,21-22,25-26,32H,11,14-15H2,1H3. The molecular formula is C30H25NO5. The number of ketones is 2. The molecule has 4 aliphatic rings. The zero-order chi connectivity index (χ0) is 25.1. The van der Waals surface area contributed by atoms with E-state index < -0.39 is 17.8 Å². The van der Waals surface area contributed by atoms with E-state index in [1.165, 1.54) is 11.0 Å². The third kappa shape index (κ3) is 3.32. The van der Waals surface area contributed by atoms with Crippen molar-refractivity contribution in [1.82, 2.24) is 4.90 Å². The van der Waals surface area contributed by atoms with Crippen LogP contribution in [0.2, 0.25) is 0 Å². The molecule has 1 heterocycles. The van der Waals surface area contributed by atoms with Gasteiger partial charge in [-0.15, -0.1) is 0 Å². The largest absolute Gasteiger partial charge is 0.508 e. The Kier molecular flexibility index (Phi) is 5.14. The van der Waals surface area contributed by atoms with Gasteiger partial charge in [-0.1, -0.05) is 54.1 Å². The number of hydrogen-bond donors (Lipinski definition) is 1. The number of rotatable bonds is 3. The topological polar surface area (TPSA) is 91.8 Å². The van der Waals surface area contributed by atoms with Gasteiger partial charge in [0, 0.05) is 22.6 Å². The number of phenols is 1. The number of fused-ring (bicyclic) bond motifs is 3. The smallest absolute Gasteiger partial charge is 0.234 e. The molecule has 4 unspecified atom stereocenters. The first-order valence-corrected chi connectivity index (χ1v) is 12.2. The van der Waals surface area contributed by atoms with E-state index in [4.69, 9.17) is 0 Å². The third-order valence-electron chi connectivity index (χ3n) is 8.04. The van der Waals surface area contributed by atoms with E-state index in [-0.39, 0.29) is 48.0 Å². The number of phenolic OH excluding ortho intramolecular Hbond substituents is 1. The van der Waals surface area contributed by atoms with Gasteiger partial charge < -0.3 is 5.11 Å². The molecule has 1 N–H and O–H groups in total. The predicted molar refractivity (Wildman–Crippen MR) is 131 cm³/mol. The first-order valence-electron chi connectivity index (χ1n) is 12.2. The number of carbonyl (C=O) groups excluding carboxylic acids is 4. The fraction of sp³-hybridized carbons (Fsp3) is 0.267. The average molecular weight is 480 g/mol. The lowest BCUT2D eigenvalue weighted by Gasteiger charge is -2.42. The fourth-order valence-corrected chi connectivity index (χ4v) is 6.43. The molecule has 0 saturated carbocycles. The molecule has 3 aliphatic carbocycles. The van der Waals surface area contributed by atoms with Gasteiger partial charge in [0.15, 0.2) is 11.6 Å². The summed E-state index contributed by atoms with van der Waals surface area (Å²) in [5, 5.41) is 10.2. The summed E-state index contributed by atoms with van der Waals surface area (Å²) in [6, 6.07) is 16.1. The highest BCUT2D eigenvalue weighted by Gasteiger charge is 2.56. The minimum atomic E-state index is -0.579. The molecule has 0 bridgehead atoms. The number of likely N-dealkylation sites (tertiary alicyclic amines) is 1. The second kappa shape index (κ2) is 8.26. The van der Waals surface area contributed by atoms with Crippen LogP contribution in [0, 0.1) is 17.8 Å². The summed E-state index contributed by atoms with van der Waals surface area (Å²) >= 11 is 0. The van der Waals surface area contributed by atoms with Crippen molar-refractivity contribution < 1.29 is 24.3 Å². The maximum Gasteiger partial charge on any atom is 0.234 e. The zero-order valence-electron chi connectivity index (χ0n) is 19.8. The van der Waals surface area contributed by atoms with Crippen LogP contribution >= 0.6 is 0 Å². The molecule has 6 nitrogen and oxygen atoms in total. The Balaban J connectivity index is 1.44. The van der Waals surface area contributed by atoms with Gasteiger partial charge in [0.05, 0.1) is 18.4 Å². The van der Waals surface area contributed by atoms with Crippen LogP contribution in [0.25, 0.3) is 0 Å². The van der Waals surface area contributed by atoms with Gasteiger partial charge in [-0.3, -0.25) is 24.1 Å². The molecule has 6 rings (SSSR count). The first kappa shape index (κ1) is 22.4. The van der Waals surface area contributed by atoms with Crippen molar-refractivity contribution in [3.63, 3.8) is 0 Å². The summed E-state index contributed by atoms with van der Waals surface area (Å²) < 4.78 is 0. The molecule has 0 radical (unpaired) electrons. The first-order chi connectivity index (χ1) is 17.3.